The van der Waals surface area contributed by atoms with Gasteiger partial charge in [-0.1, -0.05) is 0 Å². The number of fused-ring (bicyclic) bond motifs is 2. The number of ketones is 1. The first kappa shape index (κ1) is 11.0. The molecule has 0 spiro atoms. The Labute approximate surface area is 104 Å². The van der Waals surface area contributed by atoms with Crippen molar-refractivity contribution in [2.24, 2.45) is 0 Å². The predicted molar refractivity (Wildman–Crippen MR) is 60.4 cm³/mol. The molecule has 1 atom stereocenters. The van der Waals surface area contributed by atoms with Gasteiger partial charge in [0.15, 0.2) is 5.78 Å². The molecule has 1 saturated heterocycles. The van der Waals surface area contributed by atoms with E-state index in [1.807, 2.05) is 0 Å². The van der Waals surface area contributed by atoms with Gasteiger partial charge in [-0.2, -0.15) is 5.26 Å². The molecule has 0 saturated carbocycles. The highest BCUT2D eigenvalue weighted by molar-refractivity contribution is 6.08. The number of hydrogen-bond acceptors (Lipinski definition) is 4. The number of furan rings is 1. The number of nitriles is 1. The zero-order chi connectivity index (χ0) is 12.8. The average molecular weight is 244 g/mol. The van der Waals surface area contributed by atoms with Crippen LogP contribution in [0.3, 0.4) is 0 Å². The van der Waals surface area contributed by atoms with Crippen molar-refractivity contribution in [1.82, 2.24) is 4.90 Å². The molecular formula is C13H12N2O3. The maximum absolute atomic E-state index is 12.6. The van der Waals surface area contributed by atoms with Crippen LogP contribution in [0.2, 0.25) is 0 Å². The lowest BCUT2D eigenvalue weighted by Crippen LogP contribution is -2.54. The van der Waals surface area contributed by atoms with Gasteiger partial charge in [0.05, 0.1) is 24.4 Å². The third-order valence-electron chi connectivity index (χ3n) is 3.93. The van der Waals surface area contributed by atoms with E-state index in [0.29, 0.717) is 37.1 Å². The van der Waals surface area contributed by atoms with E-state index in [9.17, 15) is 9.59 Å². The molecule has 0 radical (unpaired) electrons. The largest absolute Gasteiger partial charge is 0.467 e. The fourth-order valence-electron chi connectivity index (χ4n) is 2.99. The Kier molecular flexibility index (Phi) is 2.27. The lowest BCUT2D eigenvalue weighted by Gasteiger charge is -2.39. The molecule has 1 aromatic heterocycles. The molecule has 1 aromatic rings. The van der Waals surface area contributed by atoms with Gasteiger partial charge in [0, 0.05) is 12.8 Å². The maximum atomic E-state index is 12.6. The highest BCUT2D eigenvalue weighted by Gasteiger charge is 2.54. The Bertz CT molecular complexity index is 569. The summed E-state index contributed by atoms with van der Waals surface area (Å²) < 4.78 is 5.25. The molecule has 18 heavy (non-hydrogen) atoms. The van der Waals surface area contributed by atoms with Crippen molar-refractivity contribution in [1.29, 1.82) is 5.26 Å². The zero-order valence-electron chi connectivity index (χ0n) is 9.81. The van der Waals surface area contributed by atoms with Gasteiger partial charge in [-0.25, -0.2) is 0 Å². The van der Waals surface area contributed by atoms with Crippen molar-refractivity contribution in [3.8, 4) is 6.07 Å². The number of Topliss-reactive ketones (excluding diaryl/α,β-unsaturated/α-hetero) is 1. The third-order valence-corrected chi connectivity index (χ3v) is 3.93. The predicted octanol–water partition coefficient (Wildman–Crippen LogP) is 1.64. The van der Waals surface area contributed by atoms with Crippen LogP contribution in [-0.2, 0) is 11.3 Å². The Balaban J connectivity index is 2.07. The number of rotatable bonds is 2. The Morgan fingerprint density at radius 1 is 1.50 bits per heavy atom. The SMILES string of the molecule is N#CCC[C@@]12CCC(=O)N1Cc1occc1C2=O. The van der Waals surface area contributed by atoms with Gasteiger partial charge >= 0.3 is 0 Å². The first-order valence-electron chi connectivity index (χ1n) is 5.97. The van der Waals surface area contributed by atoms with Crippen molar-refractivity contribution in [2.75, 3.05) is 0 Å². The Morgan fingerprint density at radius 2 is 2.33 bits per heavy atom. The van der Waals surface area contributed by atoms with Crippen LogP contribution in [0.25, 0.3) is 0 Å². The lowest BCUT2D eigenvalue weighted by atomic mass is 9.80. The number of carbonyl (C=O) groups excluding carboxylic acids is 2. The van der Waals surface area contributed by atoms with Crippen LogP contribution in [0.4, 0.5) is 0 Å². The van der Waals surface area contributed by atoms with E-state index >= 15 is 0 Å². The van der Waals surface area contributed by atoms with E-state index < -0.39 is 5.54 Å². The van der Waals surface area contributed by atoms with Crippen LogP contribution < -0.4 is 0 Å². The average Bonchev–Trinajstić information content (AvgIpc) is 2.95. The van der Waals surface area contributed by atoms with Crippen molar-refractivity contribution in [2.45, 2.75) is 37.8 Å². The topological polar surface area (TPSA) is 74.3 Å². The molecule has 1 fully saturated rings. The van der Waals surface area contributed by atoms with Crippen molar-refractivity contribution >= 4 is 11.7 Å². The monoisotopic (exact) mass is 244 g/mol. The maximum Gasteiger partial charge on any atom is 0.223 e. The van der Waals surface area contributed by atoms with Crippen LogP contribution in [0, 0.1) is 11.3 Å². The summed E-state index contributed by atoms with van der Waals surface area (Å²) in [5.41, 5.74) is -0.233. The first-order valence-corrected chi connectivity index (χ1v) is 5.97. The smallest absolute Gasteiger partial charge is 0.223 e. The van der Waals surface area contributed by atoms with E-state index in [1.165, 1.54) is 6.26 Å². The van der Waals surface area contributed by atoms with Crippen LogP contribution in [0.1, 0.15) is 41.8 Å². The lowest BCUT2D eigenvalue weighted by molar-refractivity contribution is -0.131. The molecule has 3 heterocycles. The number of hydrogen-bond donors (Lipinski definition) is 0. The summed E-state index contributed by atoms with van der Waals surface area (Å²) in [5, 5.41) is 8.74. The second-order valence-corrected chi connectivity index (χ2v) is 4.76. The molecule has 0 aliphatic carbocycles. The van der Waals surface area contributed by atoms with E-state index in [1.54, 1.807) is 11.0 Å². The summed E-state index contributed by atoms with van der Waals surface area (Å²) in [5.74, 6) is 0.463. The fraction of sp³-hybridized carbons (Fsp3) is 0.462. The second kappa shape index (κ2) is 3.70. The summed E-state index contributed by atoms with van der Waals surface area (Å²) >= 11 is 0. The number of nitrogens with zero attached hydrogens (tertiary/aromatic N) is 2. The second-order valence-electron chi connectivity index (χ2n) is 4.76. The summed E-state index contributed by atoms with van der Waals surface area (Å²) in [7, 11) is 0. The molecule has 1 amide bonds. The number of amides is 1. The first-order chi connectivity index (χ1) is 8.69. The van der Waals surface area contributed by atoms with Gasteiger partial charge in [-0.3, -0.25) is 9.59 Å². The van der Waals surface area contributed by atoms with Gasteiger partial charge < -0.3 is 9.32 Å². The standard InChI is InChI=1S/C13H12N2O3/c14-6-1-4-13-5-2-11(16)15(13)8-10-9(12(13)17)3-7-18-10/h3,7H,1-2,4-5,8H2/t13-/m0/s1. The number of carbonyl (C=O) groups is 2. The molecule has 0 aromatic carbocycles. The van der Waals surface area contributed by atoms with Crippen molar-refractivity contribution in [3.05, 3.63) is 23.7 Å². The molecule has 0 N–H and O–H groups in total. The molecular weight excluding hydrogens is 232 g/mol. The van der Waals surface area contributed by atoms with Crippen LogP contribution >= 0.6 is 0 Å². The zero-order valence-corrected chi connectivity index (χ0v) is 9.81. The van der Waals surface area contributed by atoms with Crippen LogP contribution in [0.15, 0.2) is 16.7 Å². The van der Waals surface area contributed by atoms with Gasteiger partial charge in [-0.05, 0) is 18.9 Å². The molecule has 0 unspecified atom stereocenters. The summed E-state index contributed by atoms with van der Waals surface area (Å²) in [4.78, 5) is 26.1. The molecule has 3 rings (SSSR count). The van der Waals surface area contributed by atoms with E-state index in [-0.39, 0.29) is 18.1 Å². The highest BCUT2D eigenvalue weighted by Crippen LogP contribution is 2.42. The molecule has 5 nitrogen and oxygen atoms in total. The van der Waals surface area contributed by atoms with Gasteiger partial charge in [0.2, 0.25) is 5.91 Å². The van der Waals surface area contributed by atoms with Gasteiger partial charge in [0.25, 0.3) is 0 Å². The van der Waals surface area contributed by atoms with Gasteiger partial charge in [-0.15, -0.1) is 0 Å². The normalized spacial score (nSPS) is 25.8. The van der Waals surface area contributed by atoms with Crippen molar-refractivity contribution < 1.29 is 14.0 Å². The fourth-order valence-corrected chi connectivity index (χ4v) is 2.99. The summed E-state index contributed by atoms with van der Waals surface area (Å²) in [6.07, 6.45) is 3.06. The Hall–Kier alpha value is -2.09. The minimum atomic E-state index is -0.802. The molecule has 92 valence electrons. The quantitative estimate of drug-likeness (QED) is 0.792. The van der Waals surface area contributed by atoms with Crippen molar-refractivity contribution in [3.63, 3.8) is 0 Å². The minimum Gasteiger partial charge on any atom is -0.467 e. The molecule has 0 bridgehead atoms. The van der Waals surface area contributed by atoms with Crippen LogP contribution in [-0.4, -0.2) is 22.1 Å². The molecule has 2 aliphatic rings. The van der Waals surface area contributed by atoms with E-state index in [0.717, 1.165) is 0 Å². The van der Waals surface area contributed by atoms with Crippen LogP contribution in [0.5, 0.6) is 0 Å². The highest BCUT2D eigenvalue weighted by atomic mass is 16.3. The minimum absolute atomic E-state index is 0.0247. The molecule has 2 aliphatic heterocycles. The summed E-state index contributed by atoms with van der Waals surface area (Å²) in [6.45, 7) is 0.346. The van der Waals surface area contributed by atoms with E-state index in [4.69, 9.17) is 9.68 Å². The summed E-state index contributed by atoms with van der Waals surface area (Å²) in [6, 6.07) is 3.72. The third kappa shape index (κ3) is 1.26. The van der Waals surface area contributed by atoms with Gasteiger partial charge in [0.1, 0.15) is 11.3 Å². The Morgan fingerprint density at radius 3 is 3.11 bits per heavy atom. The molecule has 5 heteroatoms. The van der Waals surface area contributed by atoms with E-state index in [2.05, 4.69) is 6.07 Å².